The van der Waals surface area contributed by atoms with E-state index in [0.717, 1.165) is 23.2 Å². The minimum atomic E-state index is -0.901. The molecular formula is C26H33NO6. The number of dihydropyridines is 1. The van der Waals surface area contributed by atoms with Crippen molar-refractivity contribution in [3.8, 4) is 0 Å². The van der Waals surface area contributed by atoms with Crippen LogP contribution in [0, 0.1) is 18.8 Å². The average Bonchev–Trinajstić information content (AvgIpc) is 2.78. The fourth-order valence-electron chi connectivity index (χ4n) is 4.56. The lowest BCUT2D eigenvalue weighted by atomic mass is 9.69. The quantitative estimate of drug-likeness (QED) is 0.364. The van der Waals surface area contributed by atoms with E-state index >= 15 is 0 Å². The predicted octanol–water partition coefficient (Wildman–Crippen LogP) is 3.58. The Kier molecular flexibility index (Phi) is 8.08. The second-order valence-electron chi connectivity index (χ2n) is 8.69. The van der Waals surface area contributed by atoms with E-state index in [0.29, 0.717) is 36.5 Å². The highest BCUT2D eigenvalue weighted by molar-refractivity contribution is 6.12. The SMILES string of the molecule is CCCOCCOC(=O)C1=C(C)NC2=C(C(=O)[C@H](C(=O)OC)[C@H](C)C2)[C@@H]1c1ccc(C)cc1. The van der Waals surface area contributed by atoms with Crippen molar-refractivity contribution in [1.29, 1.82) is 0 Å². The molecule has 0 saturated heterocycles. The largest absolute Gasteiger partial charge is 0.468 e. The standard InChI is InChI=1S/C26H33NO6/c1-6-11-32-12-13-33-26(30)21-17(4)27-19-14-16(3)20(25(29)31-5)24(28)23(19)22(21)18-9-7-15(2)8-10-18/h7-10,16,20,22,27H,6,11-14H2,1-5H3/t16-,20-,22-/m1/s1. The fraction of sp³-hybridized carbons (Fsp3) is 0.500. The van der Waals surface area contributed by atoms with E-state index in [2.05, 4.69) is 5.32 Å². The molecule has 1 aliphatic heterocycles. The van der Waals surface area contributed by atoms with Crippen LogP contribution in [-0.2, 0) is 28.6 Å². The van der Waals surface area contributed by atoms with Gasteiger partial charge in [-0.05, 0) is 38.2 Å². The van der Waals surface area contributed by atoms with E-state index < -0.39 is 23.8 Å². The van der Waals surface area contributed by atoms with Crippen molar-refractivity contribution < 1.29 is 28.6 Å². The number of methoxy groups -OCH3 is 1. The monoisotopic (exact) mass is 455 g/mol. The van der Waals surface area contributed by atoms with E-state index in [1.165, 1.54) is 7.11 Å². The number of esters is 2. The van der Waals surface area contributed by atoms with Gasteiger partial charge in [0.25, 0.3) is 0 Å². The van der Waals surface area contributed by atoms with Gasteiger partial charge in [0.2, 0.25) is 0 Å². The molecule has 178 valence electrons. The Bertz CT molecular complexity index is 975. The molecule has 1 aromatic carbocycles. The lowest BCUT2D eigenvalue weighted by Gasteiger charge is -2.38. The van der Waals surface area contributed by atoms with Crippen LogP contribution < -0.4 is 5.32 Å². The number of allylic oxidation sites excluding steroid dienone is 3. The van der Waals surface area contributed by atoms with Gasteiger partial charge < -0.3 is 19.5 Å². The number of aryl methyl sites for hydroxylation is 1. The third kappa shape index (κ3) is 5.19. The number of hydrogen-bond acceptors (Lipinski definition) is 7. The molecule has 1 heterocycles. The van der Waals surface area contributed by atoms with Gasteiger partial charge in [-0.2, -0.15) is 0 Å². The maximum Gasteiger partial charge on any atom is 0.336 e. The maximum atomic E-state index is 13.6. The summed E-state index contributed by atoms with van der Waals surface area (Å²) in [5.74, 6) is -3.10. The van der Waals surface area contributed by atoms with Crippen LogP contribution in [0.25, 0.3) is 0 Å². The van der Waals surface area contributed by atoms with E-state index in [1.54, 1.807) is 0 Å². The molecule has 1 N–H and O–H groups in total. The van der Waals surface area contributed by atoms with Crippen LogP contribution in [0.1, 0.15) is 50.7 Å². The number of carbonyl (C=O) groups is 3. The van der Waals surface area contributed by atoms with Crippen molar-refractivity contribution in [2.75, 3.05) is 26.9 Å². The van der Waals surface area contributed by atoms with Gasteiger partial charge in [-0.25, -0.2) is 4.79 Å². The summed E-state index contributed by atoms with van der Waals surface area (Å²) in [7, 11) is 1.29. The van der Waals surface area contributed by atoms with Crippen LogP contribution in [-0.4, -0.2) is 44.7 Å². The number of Topliss-reactive ketones (excluding diaryl/α,β-unsaturated/α-hetero) is 1. The molecule has 0 bridgehead atoms. The van der Waals surface area contributed by atoms with Crippen molar-refractivity contribution in [3.05, 3.63) is 57.9 Å². The molecule has 33 heavy (non-hydrogen) atoms. The van der Waals surface area contributed by atoms with Crippen LogP contribution in [0.15, 0.2) is 46.8 Å². The normalized spacial score (nSPS) is 22.6. The third-order valence-corrected chi connectivity index (χ3v) is 6.18. The first-order valence-electron chi connectivity index (χ1n) is 11.4. The number of ketones is 1. The van der Waals surface area contributed by atoms with Gasteiger partial charge in [-0.3, -0.25) is 9.59 Å². The van der Waals surface area contributed by atoms with Crippen molar-refractivity contribution >= 4 is 17.7 Å². The summed E-state index contributed by atoms with van der Waals surface area (Å²) in [4.78, 5) is 39.3. The van der Waals surface area contributed by atoms with Crippen LogP contribution in [0.5, 0.6) is 0 Å². The van der Waals surface area contributed by atoms with Gasteiger partial charge in [-0.15, -0.1) is 0 Å². The summed E-state index contributed by atoms with van der Waals surface area (Å²) >= 11 is 0. The molecule has 0 amide bonds. The zero-order valence-corrected chi connectivity index (χ0v) is 20.0. The highest BCUT2D eigenvalue weighted by atomic mass is 16.6. The Morgan fingerprint density at radius 3 is 2.42 bits per heavy atom. The molecule has 7 nitrogen and oxygen atoms in total. The highest BCUT2D eigenvalue weighted by Crippen LogP contribution is 2.45. The van der Waals surface area contributed by atoms with Crippen LogP contribution in [0.4, 0.5) is 0 Å². The highest BCUT2D eigenvalue weighted by Gasteiger charge is 2.47. The van der Waals surface area contributed by atoms with E-state index in [9.17, 15) is 14.4 Å². The summed E-state index contributed by atoms with van der Waals surface area (Å²) in [6.07, 6.45) is 1.39. The first-order chi connectivity index (χ1) is 15.8. The first-order valence-corrected chi connectivity index (χ1v) is 11.4. The molecule has 3 rings (SSSR count). The maximum absolute atomic E-state index is 13.6. The van der Waals surface area contributed by atoms with Crippen LogP contribution in [0.2, 0.25) is 0 Å². The van der Waals surface area contributed by atoms with Gasteiger partial charge >= 0.3 is 11.9 Å². The number of ether oxygens (including phenoxy) is 3. The van der Waals surface area contributed by atoms with E-state index in [1.807, 2.05) is 52.0 Å². The summed E-state index contributed by atoms with van der Waals surface area (Å²) in [6.45, 7) is 8.70. The molecule has 0 aromatic heterocycles. The topological polar surface area (TPSA) is 90.9 Å². The fourth-order valence-corrected chi connectivity index (χ4v) is 4.56. The summed E-state index contributed by atoms with van der Waals surface area (Å²) in [5, 5.41) is 3.26. The molecule has 0 fully saturated rings. The Morgan fingerprint density at radius 2 is 1.79 bits per heavy atom. The molecule has 0 unspecified atom stereocenters. The summed E-state index contributed by atoms with van der Waals surface area (Å²) in [6, 6.07) is 7.73. The Hall–Kier alpha value is -2.93. The van der Waals surface area contributed by atoms with E-state index in [4.69, 9.17) is 14.2 Å². The average molecular weight is 456 g/mol. The Labute approximate surface area is 195 Å². The molecule has 0 spiro atoms. The molecule has 7 heteroatoms. The van der Waals surface area contributed by atoms with Gasteiger partial charge in [0.1, 0.15) is 12.5 Å². The van der Waals surface area contributed by atoms with Gasteiger partial charge in [0.15, 0.2) is 5.78 Å². The Morgan fingerprint density at radius 1 is 1.09 bits per heavy atom. The van der Waals surface area contributed by atoms with Crippen molar-refractivity contribution in [2.24, 2.45) is 11.8 Å². The van der Waals surface area contributed by atoms with Crippen molar-refractivity contribution in [3.63, 3.8) is 0 Å². The van der Waals surface area contributed by atoms with Crippen molar-refractivity contribution in [2.45, 2.75) is 46.5 Å². The number of benzene rings is 1. The molecule has 2 aliphatic rings. The lowest BCUT2D eigenvalue weighted by molar-refractivity contribution is -0.151. The number of nitrogens with one attached hydrogen (secondary N) is 1. The molecule has 3 atom stereocenters. The zero-order chi connectivity index (χ0) is 24.1. The minimum absolute atomic E-state index is 0.123. The van der Waals surface area contributed by atoms with Gasteiger partial charge in [0.05, 0.1) is 19.3 Å². The molecule has 0 radical (unpaired) electrons. The van der Waals surface area contributed by atoms with Crippen molar-refractivity contribution in [1.82, 2.24) is 5.32 Å². The van der Waals surface area contributed by atoms with Gasteiger partial charge in [-0.1, -0.05) is 43.7 Å². The molecular weight excluding hydrogens is 422 g/mol. The van der Waals surface area contributed by atoms with Gasteiger partial charge in [0, 0.05) is 29.5 Å². The van der Waals surface area contributed by atoms with Crippen LogP contribution >= 0.6 is 0 Å². The predicted molar refractivity (Wildman–Crippen MR) is 123 cm³/mol. The molecule has 1 aliphatic carbocycles. The lowest BCUT2D eigenvalue weighted by Crippen LogP contribution is -2.43. The zero-order valence-electron chi connectivity index (χ0n) is 20.0. The molecule has 1 aromatic rings. The summed E-state index contributed by atoms with van der Waals surface area (Å²) in [5.41, 5.74) is 4.08. The Balaban J connectivity index is 2.01. The molecule has 0 saturated carbocycles. The second-order valence-corrected chi connectivity index (χ2v) is 8.69. The first kappa shape index (κ1) is 24.7. The second kappa shape index (κ2) is 10.8. The smallest absolute Gasteiger partial charge is 0.336 e. The summed E-state index contributed by atoms with van der Waals surface area (Å²) < 4.78 is 15.9. The number of carbonyl (C=O) groups excluding carboxylic acids is 3. The minimum Gasteiger partial charge on any atom is -0.468 e. The number of rotatable bonds is 8. The van der Waals surface area contributed by atoms with E-state index in [-0.39, 0.29) is 18.3 Å². The number of hydrogen-bond donors (Lipinski definition) is 1. The third-order valence-electron chi connectivity index (χ3n) is 6.18. The van der Waals surface area contributed by atoms with Crippen LogP contribution in [0.3, 0.4) is 0 Å².